The number of hydrogen-bond acceptors (Lipinski definition) is 6. The smallest absolute Gasteiger partial charge is 0.276 e. The number of aromatic nitrogens is 3. The van der Waals surface area contributed by atoms with Gasteiger partial charge in [-0.25, -0.2) is 8.78 Å². The van der Waals surface area contributed by atoms with Gasteiger partial charge in [-0.05, 0) is 12.1 Å². The summed E-state index contributed by atoms with van der Waals surface area (Å²) in [5.41, 5.74) is 7.05. The van der Waals surface area contributed by atoms with Gasteiger partial charge in [0.05, 0.1) is 25.2 Å². The lowest BCUT2D eigenvalue weighted by Crippen LogP contribution is -2.15. The molecular formula is C18H16F2N6O2. The molecule has 0 atom stereocenters. The Morgan fingerprint density at radius 1 is 1.29 bits per heavy atom. The largest absolute Gasteiger partial charge is 0.496 e. The van der Waals surface area contributed by atoms with E-state index >= 15 is 0 Å². The van der Waals surface area contributed by atoms with E-state index in [4.69, 9.17) is 15.9 Å². The van der Waals surface area contributed by atoms with Crippen LogP contribution in [0.25, 0.3) is 11.3 Å². The fraction of sp³-hybridized carbons (Fsp3) is 0.111. The van der Waals surface area contributed by atoms with Gasteiger partial charge in [0, 0.05) is 36.1 Å². The summed E-state index contributed by atoms with van der Waals surface area (Å²) in [6.07, 6.45) is 2.68. The number of nitrogens with zero attached hydrogens (tertiary/aromatic N) is 3. The second kappa shape index (κ2) is 7.43. The van der Waals surface area contributed by atoms with Gasteiger partial charge >= 0.3 is 0 Å². The Balaban J connectivity index is 2.00. The number of carbonyl (C=O) groups excluding carboxylic acids is 1. The molecule has 144 valence electrons. The average molecular weight is 386 g/mol. The van der Waals surface area contributed by atoms with Gasteiger partial charge in [-0.1, -0.05) is 0 Å². The maximum atomic E-state index is 13.7. The summed E-state index contributed by atoms with van der Waals surface area (Å²) in [4.78, 5) is 15.8. The Morgan fingerprint density at radius 3 is 2.57 bits per heavy atom. The number of hydrogen-bond donors (Lipinski definition) is 3. The Morgan fingerprint density at radius 2 is 1.96 bits per heavy atom. The molecule has 0 bridgehead atoms. The van der Waals surface area contributed by atoms with Gasteiger partial charge in [-0.15, -0.1) is 0 Å². The van der Waals surface area contributed by atoms with Crippen LogP contribution in [-0.4, -0.2) is 34.0 Å². The summed E-state index contributed by atoms with van der Waals surface area (Å²) in [6, 6.07) is 4.63. The molecular weight excluding hydrogens is 370 g/mol. The number of amides is 1. The summed E-state index contributed by atoms with van der Waals surface area (Å²) >= 11 is 0. The Kier molecular flexibility index (Phi) is 5.03. The molecule has 28 heavy (non-hydrogen) atoms. The fourth-order valence-electron chi connectivity index (χ4n) is 2.64. The second-order valence-electron chi connectivity index (χ2n) is 5.80. The Hall–Kier alpha value is -3.82. The van der Waals surface area contributed by atoms with E-state index in [0.717, 1.165) is 18.6 Å². The summed E-state index contributed by atoms with van der Waals surface area (Å²) in [6.45, 7) is 0. The number of anilines is 2. The van der Waals surface area contributed by atoms with Crippen molar-refractivity contribution in [1.29, 1.82) is 5.41 Å². The first-order valence-corrected chi connectivity index (χ1v) is 7.98. The maximum Gasteiger partial charge on any atom is 0.276 e. The van der Waals surface area contributed by atoms with Crippen LogP contribution in [-0.2, 0) is 7.05 Å². The zero-order valence-electron chi connectivity index (χ0n) is 15.0. The van der Waals surface area contributed by atoms with Crippen LogP contribution >= 0.6 is 0 Å². The second-order valence-corrected chi connectivity index (χ2v) is 5.80. The van der Waals surface area contributed by atoms with Crippen molar-refractivity contribution in [2.24, 2.45) is 7.05 Å². The number of pyridine rings is 1. The van der Waals surface area contributed by atoms with Gasteiger partial charge in [0.2, 0.25) is 0 Å². The summed E-state index contributed by atoms with van der Waals surface area (Å²) in [7, 11) is 3.06. The van der Waals surface area contributed by atoms with Crippen LogP contribution in [0.1, 0.15) is 16.1 Å². The number of nitrogen functional groups attached to an aromatic ring is 1. The number of aryl methyl sites for hydroxylation is 1. The van der Waals surface area contributed by atoms with E-state index in [1.807, 2.05) is 0 Å². The van der Waals surface area contributed by atoms with E-state index in [0.29, 0.717) is 28.3 Å². The monoisotopic (exact) mass is 386 g/mol. The number of benzene rings is 1. The van der Waals surface area contributed by atoms with Crippen molar-refractivity contribution in [3.05, 3.63) is 53.5 Å². The highest BCUT2D eigenvalue weighted by Crippen LogP contribution is 2.34. The summed E-state index contributed by atoms with van der Waals surface area (Å²) in [5.74, 6) is -2.38. The molecule has 2 aromatic heterocycles. The number of nitrogens with two attached hydrogens (primary N) is 1. The van der Waals surface area contributed by atoms with E-state index < -0.39 is 23.2 Å². The molecule has 0 fully saturated rings. The van der Waals surface area contributed by atoms with Crippen molar-refractivity contribution in [3.8, 4) is 17.0 Å². The standard InChI is InChI=1S/C18H16F2N6O2/c1-26-15(10-3-9(6-21)13(22)4-16(10)28-2)5-14(25-26)18(27)24-17-11(19)7-23-8-12(17)20/h3-8,21H,22H2,1-2H3,(H,23,24,27). The third-order valence-electron chi connectivity index (χ3n) is 4.04. The molecule has 3 rings (SSSR count). The highest BCUT2D eigenvalue weighted by Gasteiger charge is 2.20. The minimum absolute atomic E-state index is 0.0663. The molecule has 0 aliphatic carbocycles. The van der Waals surface area contributed by atoms with E-state index in [-0.39, 0.29) is 5.69 Å². The SMILES string of the molecule is COc1cc(N)c(C=N)cc1-c1cc(C(=O)Nc2c(F)cncc2F)nn1C. The third-order valence-corrected chi connectivity index (χ3v) is 4.04. The minimum Gasteiger partial charge on any atom is -0.496 e. The van der Waals surface area contributed by atoms with E-state index in [2.05, 4.69) is 15.4 Å². The molecule has 4 N–H and O–H groups in total. The van der Waals surface area contributed by atoms with Gasteiger partial charge in [0.25, 0.3) is 5.91 Å². The molecule has 1 amide bonds. The molecule has 10 heteroatoms. The first-order chi connectivity index (χ1) is 13.3. The number of halogens is 2. The molecule has 0 aliphatic heterocycles. The van der Waals surface area contributed by atoms with Crippen LogP contribution in [0.3, 0.4) is 0 Å². The van der Waals surface area contributed by atoms with Crippen LogP contribution in [0.2, 0.25) is 0 Å². The molecule has 0 saturated carbocycles. The number of nitrogens with one attached hydrogen (secondary N) is 2. The first kappa shape index (κ1) is 19.0. The van der Waals surface area contributed by atoms with Crippen molar-refractivity contribution in [2.45, 2.75) is 0 Å². The summed E-state index contributed by atoms with van der Waals surface area (Å²) < 4.78 is 34.1. The highest BCUT2D eigenvalue weighted by atomic mass is 19.1. The van der Waals surface area contributed by atoms with Crippen molar-refractivity contribution in [1.82, 2.24) is 14.8 Å². The Bertz CT molecular complexity index is 1060. The third kappa shape index (κ3) is 3.39. The van der Waals surface area contributed by atoms with Crippen molar-refractivity contribution < 1.29 is 18.3 Å². The van der Waals surface area contributed by atoms with Gasteiger partial charge in [0.15, 0.2) is 17.3 Å². The number of methoxy groups -OCH3 is 1. The number of rotatable bonds is 5. The molecule has 3 aromatic rings. The fourth-order valence-corrected chi connectivity index (χ4v) is 2.64. The Labute approximate surface area is 158 Å². The maximum absolute atomic E-state index is 13.7. The first-order valence-electron chi connectivity index (χ1n) is 7.98. The van der Waals surface area contributed by atoms with E-state index in [1.54, 1.807) is 19.2 Å². The van der Waals surface area contributed by atoms with Gasteiger partial charge in [0.1, 0.15) is 11.4 Å². The van der Waals surface area contributed by atoms with Crippen LogP contribution in [0, 0.1) is 17.0 Å². The molecule has 2 heterocycles. The summed E-state index contributed by atoms with van der Waals surface area (Å²) in [5, 5.41) is 13.7. The zero-order valence-corrected chi connectivity index (χ0v) is 15.0. The zero-order chi connectivity index (χ0) is 20.4. The molecule has 0 unspecified atom stereocenters. The van der Waals surface area contributed by atoms with Crippen LogP contribution in [0.4, 0.5) is 20.2 Å². The normalized spacial score (nSPS) is 10.6. The molecule has 0 radical (unpaired) electrons. The predicted molar refractivity (Wildman–Crippen MR) is 99.6 cm³/mol. The highest BCUT2D eigenvalue weighted by molar-refractivity contribution is 6.03. The quantitative estimate of drug-likeness (QED) is 0.460. The molecule has 0 spiro atoms. The van der Waals surface area contributed by atoms with Crippen molar-refractivity contribution in [3.63, 3.8) is 0 Å². The number of ether oxygens (including phenoxy) is 1. The topological polar surface area (TPSA) is 119 Å². The molecule has 0 saturated heterocycles. The van der Waals surface area contributed by atoms with Crippen molar-refractivity contribution >= 4 is 23.5 Å². The van der Waals surface area contributed by atoms with Crippen LogP contribution < -0.4 is 15.8 Å². The van der Waals surface area contributed by atoms with Gasteiger partial charge in [-0.2, -0.15) is 5.10 Å². The predicted octanol–water partition coefficient (Wildman–Crippen LogP) is 2.60. The van der Waals surface area contributed by atoms with Gasteiger partial charge < -0.3 is 21.2 Å². The van der Waals surface area contributed by atoms with Gasteiger partial charge in [-0.3, -0.25) is 14.5 Å². The lowest BCUT2D eigenvalue weighted by Gasteiger charge is -2.11. The van der Waals surface area contributed by atoms with Crippen molar-refractivity contribution in [2.75, 3.05) is 18.2 Å². The van der Waals surface area contributed by atoms with Crippen LogP contribution in [0.5, 0.6) is 5.75 Å². The molecule has 0 aliphatic rings. The number of carbonyl (C=O) groups is 1. The van der Waals surface area contributed by atoms with E-state index in [1.165, 1.54) is 17.9 Å². The van der Waals surface area contributed by atoms with Crippen LogP contribution in [0.15, 0.2) is 30.6 Å². The van der Waals surface area contributed by atoms with E-state index in [9.17, 15) is 13.6 Å². The minimum atomic E-state index is -1.000. The molecule has 1 aromatic carbocycles. The lowest BCUT2D eigenvalue weighted by atomic mass is 10.0. The molecule has 8 nitrogen and oxygen atoms in total. The average Bonchev–Trinajstić information content (AvgIpc) is 3.06. The lowest BCUT2D eigenvalue weighted by molar-refractivity contribution is 0.102.